The molecule has 0 spiro atoms. The average molecular weight is 288 g/mol. The molecule has 1 atom stereocenters. The third-order valence-electron chi connectivity index (χ3n) is 3.38. The Morgan fingerprint density at radius 2 is 1.67 bits per heavy atom. The highest BCUT2D eigenvalue weighted by atomic mass is 16.5. The van der Waals surface area contributed by atoms with E-state index in [-0.39, 0.29) is 35.0 Å². The highest BCUT2D eigenvalue weighted by Gasteiger charge is 2.30. The lowest BCUT2D eigenvalue weighted by atomic mass is 9.95. The van der Waals surface area contributed by atoms with Gasteiger partial charge in [-0.1, -0.05) is 0 Å². The van der Waals surface area contributed by atoms with Crippen LogP contribution in [0.4, 0.5) is 0 Å². The number of fused-ring (bicyclic) bond motifs is 1. The van der Waals surface area contributed by atoms with Gasteiger partial charge in [0.05, 0.1) is 12.0 Å². The van der Waals surface area contributed by atoms with Crippen LogP contribution >= 0.6 is 0 Å². The van der Waals surface area contributed by atoms with Crippen molar-refractivity contribution in [2.75, 3.05) is 0 Å². The van der Waals surface area contributed by atoms with Crippen LogP contribution in [-0.2, 0) is 0 Å². The van der Waals surface area contributed by atoms with Gasteiger partial charge in [0.15, 0.2) is 17.3 Å². The second kappa shape index (κ2) is 4.59. The number of Topliss-reactive ketones (excluding diaryl/α,β-unsaturated/α-hetero) is 1. The molecule has 0 saturated heterocycles. The first kappa shape index (κ1) is 13.1. The summed E-state index contributed by atoms with van der Waals surface area (Å²) in [5.41, 5.74) is 0.541. The highest BCUT2D eigenvalue weighted by molar-refractivity contribution is 6.00. The minimum atomic E-state index is -0.807. The zero-order chi connectivity index (χ0) is 15.1. The Balaban J connectivity index is 2.03. The number of rotatable bonds is 1. The van der Waals surface area contributed by atoms with E-state index < -0.39 is 17.6 Å². The third-order valence-corrected chi connectivity index (χ3v) is 3.38. The van der Waals surface area contributed by atoms with Crippen LogP contribution in [0.15, 0.2) is 30.3 Å². The van der Waals surface area contributed by atoms with Gasteiger partial charge in [-0.05, 0) is 18.2 Å². The fraction of sp³-hybridized carbons (Fsp3) is 0.133. The van der Waals surface area contributed by atoms with E-state index in [1.807, 2.05) is 0 Å². The van der Waals surface area contributed by atoms with Crippen molar-refractivity contribution in [2.45, 2.75) is 12.5 Å². The Morgan fingerprint density at radius 1 is 0.952 bits per heavy atom. The van der Waals surface area contributed by atoms with E-state index in [1.54, 1.807) is 0 Å². The summed E-state index contributed by atoms with van der Waals surface area (Å²) in [7, 11) is 0. The summed E-state index contributed by atoms with van der Waals surface area (Å²) in [6, 6.07) is 6.31. The maximum atomic E-state index is 12.1. The van der Waals surface area contributed by atoms with Crippen molar-refractivity contribution >= 4 is 5.78 Å². The molecule has 0 aliphatic carbocycles. The van der Waals surface area contributed by atoms with Gasteiger partial charge in [-0.2, -0.15) is 0 Å². The van der Waals surface area contributed by atoms with Crippen molar-refractivity contribution < 1.29 is 30.0 Å². The van der Waals surface area contributed by atoms with Crippen LogP contribution in [0.2, 0.25) is 0 Å². The fourth-order valence-corrected chi connectivity index (χ4v) is 2.33. The Bertz CT molecular complexity index is 737. The Labute approximate surface area is 119 Å². The topological polar surface area (TPSA) is 107 Å². The molecule has 1 aliphatic rings. The first-order valence-corrected chi connectivity index (χ1v) is 6.23. The van der Waals surface area contributed by atoms with Crippen molar-refractivity contribution in [1.29, 1.82) is 0 Å². The second-order valence-electron chi connectivity index (χ2n) is 4.81. The summed E-state index contributed by atoms with van der Waals surface area (Å²) in [4.78, 5) is 12.1. The quantitative estimate of drug-likeness (QED) is 0.473. The average Bonchev–Trinajstić information content (AvgIpc) is 2.42. The van der Waals surface area contributed by atoms with Crippen LogP contribution in [0.1, 0.15) is 28.4 Å². The number of carbonyl (C=O) groups excluding carboxylic acids is 1. The number of phenolic OH excluding ortho intramolecular Hbond substituents is 4. The normalized spacial score (nSPS) is 17.1. The number of hydrogen-bond donors (Lipinski definition) is 4. The first-order valence-electron chi connectivity index (χ1n) is 6.23. The van der Waals surface area contributed by atoms with E-state index in [0.717, 1.165) is 12.1 Å². The molecule has 21 heavy (non-hydrogen) atoms. The molecule has 1 heterocycles. The molecule has 2 aromatic carbocycles. The molecule has 0 fully saturated rings. The van der Waals surface area contributed by atoms with Crippen molar-refractivity contribution in [3.8, 4) is 28.7 Å². The third kappa shape index (κ3) is 2.20. The van der Waals surface area contributed by atoms with Crippen molar-refractivity contribution in [2.24, 2.45) is 0 Å². The molecule has 1 unspecified atom stereocenters. The summed E-state index contributed by atoms with van der Waals surface area (Å²) >= 11 is 0. The largest absolute Gasteiger partial charge is 0.508 e. The number of aromatic hydroxyl groups is 4. The van der Waals surface area contributed by atoms with Gasteiger partial charge in [-0.3, -0.25) is 4.79 Å². The smallest absolute Gasteiger partial charge is 0.170 e. The number of hydrogen-bond acceptors (Lipinski definition) is 6. The van der Waals surface area contributed by atoms with Crippen LogP contribution in [0.25, 0.3) is 0 Å². The van der Waals surface area contributed by atoms with Gasteiger partial charge >= 0.3 is 0 Å². The maximum Gasteiger partial charge on any atom is 0.170 e. The van der Waals surface area contributed by atoms with Crippen LogP contribution in [0.5, 0.6) is 28.7 Å². The lowest BCUT2D eigenvalue weighted by Crippen LogP contribution is -2.20. The highest BCUT2D eigenvalue weighted by Crippen LogP contribution is 2.42. The molecule has 0 bridgehead atoms. The lowest BCUT2D eigenvalue weighted by molar-refractivity contribution is 0.0846. The van der Waals surface area contributed by atoms with E-state index in [0.29, 0.717) is 5.56 Å². The van der Waals surface area contributed by atoms with E-state index in [2.05, 4.69) is 0 Å². The predicted octanol–water partition coefficient (Wildman–Crippen LogP) is 2.22. The minimum absolute atomic E-state index is 0.0183. The Kier molecular flexibility index (Phi) is 2.86. The summed E-state index contributed by atoms with van der Waals surface area (Å²) in [6.07, 6.45) is -0.825. The molecule has 4 N–H and O–H groups in total. The van der Waals surface area contributed by atoms with Gasteiger partial charge < -0.3 is 25.2 Å². The minimum Gasteiger partial charge on any atom is -0.508 e. The zero-order valence-electron chi connectivity index (χ0n) is 10.8. The summed E-state index contributed by atoms with van der Waals surface area (Å²) in [5.74, 6) is -1.19. The molecule has 0 radical (unpaired) electrons. The predicted molar refractivity (Wildman–Crippen MR) is 71.9 cm³/mol. The molecule has 3 rings (SSSR count). The monoisotopic (exact) mass is 288 g/mol. The van der Waals surface area contributed by atoms with Gasteiger partial charge in [-0.25, -0.2) is 0 Å². The van der Waals surface area contributed by atoms with Crippen molar-refractivity contribution in [1.82, 2.24) is 0 Å². The maximum absolute atomic E-state index is 12.1. The lowest BCUT2D eigenvalue weighted by Gasteiger charge is -2.26. The van der Waals surface area contributed by atoms with Gasteiger partial charge in [0.25, 0.3) is 0 Å². The van der Waals surface area contributed by atoms with E-state index in [4.69, 9.17) is 4.74 Å². The summed E-state index contributed by atoms with van der Waals surface area (Å²) in [6.45, 7) is 0. The van der Waals surface area contributed by atoms with Crippen LogP contribution in [-0.4, -0.2) is 26.2 Å². The van der Waals surface area contributed by atoms with E-state index in [9.17, 15) is 25.2 Å². The van der Waals surface area contributed by atoms with Gasteiger partial charge in [0, 0.05) is 17.7 Å². The molecule has 1 aliphatic heterocycles. The Hall–Kier alpha value is -2.89. The van der Waals surface area contributed by atoms with Crippen molar-refractivity contribution in [3.63, 3.8) is 0 Å². The molecular weight excluding hydrogens is 276 g/mol. The fourth-order valence-electron chi connectivity index (χ4n) is 2.33. The SMILES string of the molecule is O=C1CC(c2cc(O)c(O)cc2O)Oc2cc(O)ccc21. The van der Waals surface area contributed by atoms with Gasteiger partial charge in [0.1, 0.15) is 23.4 Å². The molecule has 0 amide bonds. The van der Waals surface area contributed by atoms with Gasteiger partial charge in [-0.15, -0.1) is 0 Å². The summed E-state index contributed by atoms with van der Waals surface area (Å²) in [5, 5.41) is 38.1. The Morgan fingerprint density at radius 3 is 2.43 bits per heavy atom. The molecule has 6 heteroatoms. The zero-order valence-corrected chi connectivity index (χ0v) is 10.8. The molecule has 0 aromatic heterocycles. The van der Waals surface area contributed by atoms with Crippen molar-refractivity contribution in [3.05, 3.63) is 41.5 Å². The summed E-state index contributed by atoms with van der Waals surface area (Å²) < 4.78 is 5.61. The van der Waals surface area contributed by atoms with Crippen LogP contribution in [0.3, 0.4) is 0 Å². The second-order valence-corrected chi connectivity index (χ2v) is 4.81. The first-order chi connectivity index (χ1) is 9.95. The number of ether oxygens (including phenoxy) is 1. The molecule has 6 nitrogen and oxygen atoms in total. The van der Waals surface area contributed by atoms with Crippen LogP contribution in [0, 0.1) is 0 Å². The number of ketones is 1. The number of carbonyl (C=O) groups is 1. The number of benzene rings is 2. The number of phenols is 4. The molecule has 108 valence electrons. The molecule has 0 saturated carbocycles. The molecular formula is C15H12O6. The van der Waals surface area contributed by atoms with Gasteiger partial charge in [0.2, 0.25) is 0 Å². The standard InChI is InChI=1S/C15H12O6/c16-7-1-2-8-11(18)6-15(21-14(8)3-7)9-4-12(19)13(20)5-10(9)17/h1-5,15-17,19-20H,6H2. The van der Waals surface area contributed by atoms with E-state index in [1.165, 1.54) is 18.2 Å². The van der Waals surface area contributed by atoms with Crippen LogP contribution < -0.4 is 4.74 Å². The van der Waals surface area contributed by atoms with E-state index >= 15 is 0 Å². The molecule has 2 aromatic rings.